The molecule has 13 heteroatoms. The van der Waals surface area contributed by atoms with Crippen LogP contribution in [-0.2, 0) is 17.3 Å². The van der Waals surface area contributed by atoms with E-state index in [-0.39, 0.29) is 45.9 Å². The Bertz CT molecular complexity index is 4840. The highest BCUT2D eigenvalue weighted by Gasteiger charge is 2.85. The Morgan fingerprint density at radius 3 is 1.84 bits per heavy atom. The Morgan fingerprint density at radius 2 is 1.21 bits per heavy atom. The Labute approximate surface area is 460 Å². The maximum absolute atomic E-state index is 16.4. The summed E-state index contributed by atoms with van der Waals surface area (Å²) in [6.45, 7) is 0.0392. The van der Waals surface area contributed by atoms with Crippen LogP contribution in [0.3, 0.4) is 0 Å². The van der Waals surface area contributed by atoms with Gasteiger partial charge in [-0.3, -0.25) is 13.7 Å². The van der Waals surface area contributed by atoms with Crippen LogP contribution in [-0.4, -0.2) is 26.0 Å². The van der Waals surface area contributed by atoms with E-state index in [0.717, 1.165) is 34.4 Å². The lowest BCUT2D eigenvalue weighted by atomic mass is 9.80. The van der Waals surface area contributed by atoms with Crippen molar-refractivity contribution in [1.29, 1.82) is 0 Å². The van der Waals surface area contributed by atoms with Crippen LogP contribution in [0.25, 0.3) is 83.4 Å². The first-order valence-corrected chi connectivity index (χ1v) is 23.6. The van der Waals surface area contributed by atoms with Crippen molar-refractivity contribution >= 4 is 32.8 Å². The highest BCUT2D eigenvalue weighted by atomic mass is 19.4. The molecule has 0 radical (unpaired) electrons. The maximum atomic E-state index is 16.4. The van der Waals surface area contributed by atoms with E-state index in [0.29, 0.717) is 32.2 Å². The van der Waals surface area contributed by atoms with Crippen molar-refractivity contribution in [2.24, 2.45) is 0 Å². The molecule has 0 aliphatic heterocycles. The van der Waals surface area contributed by atoms with E-state index >= 15 is 35.1 Å². The van der Waals surface area contributed by atoms with Gasteiger partial charge in [-0.15, -0.1) is 0 Å². The summed E-state index contributed by atoms with van der Waals surface area (Å²) < 4.78 is 277. The van der Waals surface area contributed by atoms with Gasteiger partial charge in [-0.05, 0) is 118 Å². The number of hydrogen-bond donors (Lipinski definition) is 0. The fraction of sp³-hybridized carbons (Fsp3) is 0.156. The molecule has 3 heterocycles. The van der Waals surface area contributed by atoms with Crippen molar-refractivity contribution in [3.63, 3.8) is 0 Å². The number of ether oxygens (including phenoxy) is 1. The molecule has 1 aliphatic rings. The third kappa shape index (κ3) is 7.56. The third-order valence-electron chi connectivity index (χ3n) is 13.7. The number of aryl methyl sites for hydroxylation is 2. The molecular weight excluding hydrogens is 993 g/mol. The average Bonchev–Trinajstić information content (AvgIpc) is 1.70. The molecule has 0 atom stereocenters. The first-order chi connectivity index (χ1) is 43.2. The molecule has 8 aromatic carbocycles. The number of halogens is 8. The summed E-state index contributed by atoms with van der Waals surface area (Å²) in [5.41, 5.74) is -9.43. The molecule has 11 aromatic rings. The maximum Gasteiger partial charge on any atom is 0.382 e. The number of fused-ring (bicyclic) bond motifs is 5. The summed E-state index contributed by atoms with van der Waals surface area (Å²) in [6.07, 6.45) is 4.36. The SMILES string of the molecule is [2H]c1c([2H])c([2H])c(-c2cccc(-c3c([2H])c([2H])c([2H])c([2H])c3[2H])c2-[n+]2[c-]n(-c3cccc(Oc4cc5c(cc4-c4c(C([2H])([2H])[2H])cccc4C([2H])([2H])[2H])c4ccccc4n5-c4cc(C(C)(C)C)ccn4)c3)c3cc4c(cc32)C(F)(F)C(F)(F)C(F)(F)C4(F)F)c([2H])c1[2H]. The highest BCUT2D eigenvalue weighted by molar-refractivity contribution is 6.11. The zero-order valence-corrected chi connectivity index (χ0v) is 40.3. The Balaban J connectivity index is 1.19. The molecule has 0 bridgehead atoms. The molecule has 384 valence electrons. The van der Waals surface area contributed by atoms with Gasteiger partial charge >= 0.3 is 23.7 Å². The number of pyridine rings is 1. The van der Waals surface area contributed by atoms with Gasteiger partial charge in [0.05, 0.1) is 47.1 Å². The molecule has 0 amide bonds. The Morgan fingerprint density at radius 1 is 0.597 bits per heavy atom. The number of benzene rings is 8. The molecule has 0 fully saturated rings. The minimum absolute atomic E-state index is 0.0388. The standard InChI is InChI=1S/C64H46F8N4O/c1-38-17-14-18-39(2)58(38)49-33-48-47-25-12-13-28-52(47)76(57-31-42(29-30-73-57)60(3,4)5)53(48)36-56(49)77-44-24-15-23-43(32-44)74-37-75(55-35-51-50(34-54(55)74)61(65,66)63(69,70)64(71,72)62(51,67)68)59-45(40-19-8-6-9-20-40)26-16-27-46(59)41-21-10-7-11-22-41/h6-36H,1-5H3/i1D3,2D3,6D,7D,8D,9D,10D,11D,19D,20D,21D,22D. The number of rotatable bonds is 8. The first kappa shape index (κ1) is 34.2. The second-order valence-electron chi connectivity index (χ2n) is 19.4. The normalized spacial score (nSPS) is 18.8. The van der Waals surface area contributed by atoms with Crippen LogP contribution in [0.15, 0.2) is 188 Å². The van der Waals surface area contributed by atoms with Crippen molar-refractivity contribution < 1.29 is 66.4 Å². The molecule has 0 saturated heterocycles. The predicted octanol–water partition coefficient (Wildman–Crippen LogP) is 17.4. The second-order valence-corrected chi connectivity index (χ2v) is 19.4. The topological polar surface area (TPSA) is 35.9 Å². The molecule has 12 rings (SSSR count). The molecule has 1 aliphatic carbocycles. The number of imidazole rings is 1. The van der Waals surface area contributed by atoms with Crippen molar-refractivity contribution in [2.45, 2.75) is 63.6 Å². The van der Waals surface area contributed by atoms with Crippen LogP contribution in [0.1, 0.15) is 70.5 Å². The molecule has 0 saturated carbocycles. The summed E-state index contributed by atoms with van der Waals surface area (Å²) >= 11 is 0. The largest absolute Gasteiger partial charge is 0.457 e. The van der Waals surface area contributed by atoms with Gasteiger partial charge in [0, 0.05) is 48.0 Å². The number of nitrogens with zero attached hydrogens (tertiary/aromatic N) is 4. The molecular formula is C64H46F8N4O. The van der Waals surface area contributed by atoms with Crippen LogP contribution < -0.4 is 9.30 Å². The van der Waals surface area contributed by atoms with Crippen LogP contribution in [0.4, 0.5) is 35.1 Å². The van der Waals surface area contributed by atoms with Crippen molar-refractivity contribution in [3.05, 3.63) is 222 Å². The quantitative estimate of drug-likeness (QED) is 0.0864. The number of alkyl halides is 8. The van der Waals surface area contributed by atoms with Gasteiger partial charge in [0.1, 0.15) is 17.3 Å². The van der Waals surface area contributed by atoms with Crippen molar-refractivity contribution in [1.82, 2.24) is 14.1 Å². The fourth-order valence-electron chi connectivity index (χ4n) is 9.90. The van der Waals surface area contributed by atoms with Crippen LogP contribution >= 0.6 is 0 Å². The van der Waals surface area contributed by atoms with E-state index in [1.54, 1.807) is 41.1 Å². The lowest BCUT2D eigenvalue weighted by molar-refractivity contribution is -0.571. The number of aromatic nitrogens is 4. The summed E-state index contributed by atoms with van der Waals surface area (Å²) in [7, 11) is 0. The smallest absolute Gasteiger partial charge is 0.382 e. The lowest BCUT2D eigenvalue weighted by Gasteiger charge is -2.43. The van der Waals surface area contributed by atoms with Gasteiger partial charge in [-0.2, -0.15) is 35.1 Å². The van der Waals surface area contributed by atoms with Crippen molar-refractivity contribution in [3.8, 4) is 62.1 Å². The Hall–Kier alpha value is -8.58. The molecule has 3 aromatic heterocycles. The van der Waals surface area contributed by atoms with E-state index < -0.39 is 159 Å². The van der Waals surface area contributed by atoms with Crippen LogP contribution in [0.5, 0.6) is 11.5 Å². The number of para-hydroxylation sites is 2. The van der Waals surface area contributed by atoms with Gasteiger partial charge in [-0.1, -0.05) is 142 Å². The molecule has 0 spiro atoms. The van der Waals surface area contributed by atoms with Gasteiger partial charge in [0.15, 0.2) is 0 Å². The molecule has 0 unspecified atom stereocenters. The highest BCUT2D eigenvalue weighted by Crippen LogP contribution is 2.65. The van der Waals surface area contributed by atoms with E-state index in [2.05, 4.69) is 6.33 Å². The van der Waals surface area contributed by atoms with Gasteiger partial charge in [0.2, 0.25) is 0 Å². The van der Waals surface area contributed by atoms with Gasteiger partial charge < -0.3 is 4.74 Å². The van der Waals surface area contributed by atoms with E-state index in [9.17, 15) is 0 Å². The van der Waals surface area contributed by atoms with Crippen molar-refractivity contribution in [2.75, 3.05) is 0 Å². The lowest BCUT2D eigenvalue weighted by Crippen LogP contribution is -2.63. The van der Waals surface area contributed by atoms with Crippen LogP contribution in [0.2, 0.25) is 0 Å². The van der Waals surface area contributed by atoms with E-state index in [1.165, 1.54) is 42.5 Å². The minimum Gasteiger partial charge on any atom is -0.457 e. The minimum atomic E-state index is -6.78. The summed E-state index contributed by atoms with van der Waals surface area (Å²) in [4.78, 5) is 4.73. The molecule has 0 N–H and O–H groups in total. The molecule has 77 heavy (non-hydrogen) atoms. The summed E-state index contributed by atoms with van der Waals surface area (Å²) in [5.74, 6) is -25.8. The van der Waals surface area contributed by atoms with E-state index in [1.807, 2.05) is 32.9 Å². The third-order valence-corrected chi connectivity index (χ3v) is 13.7. The zero-order chi connectivity index (χ0) is 67.7. The molecule has 5 nitrogen and oxygen atoms in total. The second kappa shape index (κ2) is 17.5. The first-order valence-electron chi connectivity index (χ1n) is 31.6. The van der Waals surface area contributed by atoms with E-state index in [4.69, 9.17) is 31.7 Å². The van der Waals surface area contributed by atoms with Gasteiger partial charge in [-0.25, -0.2) is 4.98 Å². The van der Waals surface area contributed by atoms with Gasteiger partial charge in [0.25, 0.3) is 6.33 Å². The number of hydrogen-bond acceptors (Lipinski definition) is 2. The summed E-state index contributed by atoms with van der Waals surface area (Å²) in [6, 6.07) is 16.8. The predicted molar refractivity (Wildman–Crippen MR) is 284 cm³/mol. The summed E-state index contributed by atoms with van der Waals surface area (Å²) in [5, 5.41) is 1.06. The fourth-order valence-corrected chi connectivity index (χ4v) is 9.90. The van der Waals surface area contributed by atoms with Crippen LogP contribution in [0, 0.1) is 20.0 Å². The zero-order valence-electron chi connectivity index (χ0n) is 56.3. The average molecular weight is 1060 g/mol. The Kier molecular flexibility index (Phi) is 7.76. The monoisotopic (exact) mass is 1050 g/mol.